The van der Waals surface area contributed by atoms with Crippen molar-refractivity contribution >= 4 is 17.5 Å². The van der Waals surface area contributed by atoms with Crippen LogP contribution < -0.4 is 5.32 Å². The standard InChI is InChI=1S/C17H16ClN3O3/c18-13-8-20-21(10-13)11-14-6-7-16(24-14)17(23)19-9-15(22)12-4-2-1-3-5-12/h1-8,10,15,22H,9,11H2,(H,19,23). The summed E-state index contributed by atoms with van der Waals surface area (Å²) >= 11 is 5.80. The largest absolute Gasteiger partial charge is 0.454 e. The zero-order chi connectivity index (χ0) is 16.9. The van der Waals surface area contributed by atoms with E-state index in [-0.39, 0.29) is 18.2 Å². The molecule has 0 saturated carbocycles. The molecular formula is C17H16ClN3O3. The van der Waals surface area contributed by atoms with E-state index in [4.69, 9.17) is 16.0 Å². The molecule has 0 bridgehead atoms. The van der Waals surface area contributed by atoms with Gasteiger partial charge in [-0.3, -0.25) is 9.48 Å². The molecule has 0 fully saturated rings. The van der Waals surface area contributed by atoms with Crippen molar-refractivity contribution in [3.05, 3.63) is 77.0 Å². The lowest BCUT2D eigenvalue weighted by Gasteiger charge is -2.11. The van der Waals surface area contributed by atoms with Gasteiger partial charge in [-0.15, -0.1) is 0 Å². The van der Waals surface area contributed by atoms with Crippen LogP contribution in [-0.2, 0) is 6.54 Å². The number of benzene rings is 1. The van der Waals surface area contributed by atoms with E-state index in [2.05, 4.69) is 10.4 Å². The first-order valence-electron chi connectivity index (χ1n) is 7.39. The predicted octanol–water partition coefficient (Wildman–Crippen LogP) is 2.64. The summed E-state index contributed by atoms with van der Waals surface area (Å²) in [5.41, 5.74) is 0.744. The predicted molar refractivity (Wildman–Crippen MR) is 88.8 cm³/mol. The van der Waals surface area contributed by atoms with Crippen molar-refractivity contribution in [2.45, 2.75) is 12.6 Å². The molecule has 1 unspecified atom stereocenters. The van der Waals surface area contributed by atoms with Crippen LogP contribution in [0.4, 0.5) is 0 Å². The summed E-state index contributed by atoms with van der Waals surface area (Å²) in [5.74, 6) is 0.391. The van der Waals surface area contributed by atoms with Crippen molar-refractivity contribution in [1.29, 1.82) is 0 Å². The van der Waals surface area contributed by atoms with E-state index in [1.165, 1.54) is 6.20 Å². The average Bonchev–Trinajstić information content (AvgIpc) is 3.22. The van der Waals surface area contributed by atoms with Gasteiger partial charge in [-0.25, -0.2) is 0 Å². The monoisotopic (exact) mass is 345 g/mol. The Morgan fingerprint density at radius 2 is 2.08 bits per heavy atom. The number of furan rings is 1. The number of aliphatic hydroxyl groups excluding tert-OH is 1. The van der Waals surface area contributed by atoms with Crippen LogP contribution in [0.15, 0.2) is 59.3 Å². The topological polar surface area (TPSA) is 80.3 Å². The summed E-state index contributed by atoms with van der Waals surface area (Å²) in [6.07, 6.45) is 2.43. The van der Waals surface area contributed by atoms with E-state index in [0.29, 0.717) is 17.3 Å². The number of aliphatic hydroxyl groups is 1. The number of rotatable bonds is 6. The van der Waals surface area contributed by atoms with E-state index >= 15 is 0 Å². The van der Waals surface area contributed by atoms with Crippen LogP contribution in [0.5, 0.6) is 0 Å². The fraction of sp³-hybridized carbons (Fsp3) is 0.176. The van der Waals surface area contributed by atoms with Crippen molar-refractivity contribution in [3.63, 3.8) is 0 Å². The van der Waals surface area contributed by atoms with Crippen LogP contribution in [0.25, 0.3) is 0 Å². The number of hydrogen-bond acceptors (Lipinski definition) is 4. The molecule has 1 atom stereocenters. The summed E-state index contributed by atoms with van der Waals surface area (Å²) in [5, 5.41) is 17.3. The zero-order valence-corrected chi connectivity index (χ0v) is 13.5. The van der Waals surface area contributed by atoms with Gasteiger partial charge in [-0.1, -0.05) is 41.9 Å². The highest BCUT2D eigenvalue weighted by molar-refractivity contribution is 6.30. The Kier molecular flexibility index (Phi) is 4.98. The molecule has 7 heteroatoms. The summed E-state index contributed by atoms with van der Waals surface area (Å²) < 4.78 is 7.11. The third-order valence-electron chi connectivity index (χ3n) is 3.45. The number of hydrogen-bond donors (Lipinski definition) is 2. The summed E-state index contributed by atoms with van der Waals surface area (Å²) in [7, 11) is 0. The fourth-order valence-corrected chi connectivity index (χ4v) is 2.40. The highest BCUT2D eigenvalue weighted by Crippen LogP contribution is 2.13. The van der Waals surface area contributed by atoms with E-state index in [1.54, 1.807) is 35.1 Å². The van der Waals surface area contributed by atoms with Gasteiger partial charge < -0.3 is 14.8 Å². The molecule has 24 heavy (non-hydrogen) atoms. The van der Waals surface area contributed by atoms with Crippen LogP contribution in [0.1, 0.15) is 28.0 Å². The zero-order valence-electron chi connectivity index (χ0n) is 12.7. The molecule has 3 rings (SSSR count). The summed E-state index contributed by atoms with van der Waals surface area (Å²) in [6, 6.07) is 12.4. The molecule has 0 aliphatic carbocycles. The van der Waals surface area contributed by atoms with Crippen LogP contribution >= 0.6 is 11.6 Å². The third kappa shape index (κ3) is 4.04. The maximum atomic E-state index is 12.1. The van der Waals surface area contributed by atoms with Gasteiger partial charge in [0, 0.05) is 12.7 Å². The molecule has 0 saturated heterocycles. The maximum absolute atomic E-state index is 12.1. The molecule has 2 N–H and O–H groups in total. The lowest BCUT2D eigenvalue weighted by atomic mass is 10.1. The van der Waals surface area contributed by atoms with Gasteiger partial charge in [0.15, 0.2) is 5.76 Å². The van der Waals surface area contributed by atoms with Gasteiger partial charge in [0.1, 0.15) is 5.76 Å². The van der Waals surface area contributed by atoms with Gasteiger partial charge in [0.05, 0.1) is 23.9 Å². The molecule has 3 aromatic rings. The molecule has 0 aliphatic rings. The van der Waals surface area contributed by atoms with Crippen molar-refractivity contribution < 1.29 is 14.3 Å². The quantitative estimate of drug-likeness (QED) is 0.719. The normalized spacial score (nSPS) is 12.1. The van der Waals surface area contributed by atoms with Crippen molar-refractivity contribution in [1.82, 2.24) is 15.1 Å². The number of nitrogens with one attached hydrogen (secondary N) is 1. The molecule has 6 nitrogen and oxygen atoms in total. The first-order valence-corrected chi connectivity index (χ1v) is 7.77. The molecule has 1 aromatic carbocycles. The number of carbonyl (C=O) groups excluding carboxylic acids is 1. The van der Waals surface area contributed by atoms with Gasteiger partial charge in [-0.05, 0) is 17.7 Å². The Bertz CT molecular complexity index is 813. The minimum Gasteiger partial charge on any atom is -0.454 e. The Morgan fingerprint density at radius 3 is 2.79 bits per heavy atom. The Hall–Kier alpha value is -2.57. The molecule has 1 amide bonds. The molecule has 0 radical (unpaired) electrons. The number of carbonyl (C=O) groups is 1. The first-order chi connectivity index (χ1) is 11.6. The summed E-state index contributed by atoms with van der Waals surface area (Å²) in [6.45, 7) is 0.486. The molecule has 2 aromatic heterocycles. The Morgan fingerprint density at radius 1 is 1.29 bits per heavy atom. The minimum atomic E-state index is -0.768. The van der Waals surface area contributed by atoms with Crippen molar-refractivity contribution in [2.24, 2.45) is 0 Å². The number of halogens is 1. The third-order valence-corrected chi connectivity index (χ3v) is 3.64. The molecule has 2 heterocycles. The van der Waals surface area contributed by atoms with Crippen molar-refractivity contribution in [3.8, 4) is 0 Å². The van der Waals surface area contributed by atoms with E-state index in [0.717, 1.165) is 5.56 Å². The van der Waals surface area contributed by atoms with Crippen molar-refractivity contribution in [2.75, 3.05) is 6.54 Å². The smallest absolute Gasteiger partial charge is 0.287 e. The number of amides is 1. The summed E-state index contributed by atoms with van der Waals surface area (Å²) in [4.78, 5) is 12.1. The molecule has 124 valence electrons. The highest BCUT2D eigenvalue weighted by Gasteiger charge is 2.14. The van der Waals surface area contributed by atoms with Crippen LogP contribution in [-0.4, -0.2) is 27.3 Å². The average molecular weight is 346 g/mol. The van der Waals surface area contributed by atoms with Crippen LogP contribution in [0.2, 0.25) is 5.02 Å². The second-order valence-electron chi connectivity index (χ2n) is 5.26. The van der Waals surface area contributed by atoms with E-state index in [9.17, 15) is 9.90 Å². The van der Waals surface area contributed by atoms with Gasteiger partial charge in [0.2, 0.25) is 0 Å². The second kappa shape index (κ2) is 7.33. The minimum absolute atomic E-state index is 0.105. The van der Waals surface area contributed by atoms with Gasteiger partial charge in [-0.2, -0.15) is 5.10 Å². The first kappa shape index (κ1) is 16.3. The number of aromatic nitrogens is 2. The van der Waals surface area contributed by atoms with E-state index < -0.39 is 6.10 Å². The molecule has 0 spiro atoms. The molecule has 0 aliphatic heterocycles. The van der Waals surface area contributed by atoms with Crippen LogP contribution in [0.3, 0.4) is 0 Å². The maximum Gasteiger partial charge on any atom is 0.287 e. The highest BCUT2D eigenvalue weighted by atomic mass is 35.5. The van der Waals surface area contributed by atoms with E-state index in [1.807, 2.05) is 18.2 Å². The molecular weight excluding hydrogens is 330 g/mol. The second-order valence-corrected chi connectivity index (χ2v) is 5.70. The van der Waals surface area contributed by atoms with Crippen LogP contribution in [0, 0.1) is 0 Å². The lowest BCUT2D eigenvalue weighted by molar-refractivity contribution is 0.0887. The lowest BCUT2D eigenvalue weighted by Crippen LogP contribution is -2.28. The Balaban J connectivity index is 1.56. The fourth-order valence-electron chi connectivity index (χ4n) is 2.24. The van der Waals surface area contributed by atoms with Gasteiger partial charge >= 0.3 is 0 Å². The number of nitrogens with zero attached hydrogens (tertiary/aromatic N) is 2. The Labute approximate surface area is 143 Å². The SMILES string of the molecule is O=C(NCC(O)c1ccccc1)c1ccc(Cn2cc(Cl)cn2)o1. The van der Waals surface area contributed by atoms with Gasteiger partial charge in [0.25, 0.3) is 5.91 Å².